The van der Waals surface area contributed by atoms with Crippen molar-refractivity contribution in [1.29, 1.82) is 0 Å². The Bertz CT molecular complexity index is 1050. The number of hydrogen-bond acceptors (Lipinski definition) is 6. The molecular weight excluding hydrogens is 422 g/mol. The maximum atomic E-state index is 12.8. The number of hydrogen-bond donors (Lipinski definition) is 2. The molecule has 174 valence electrons. The van der Waals surface area contributed by atoms with E-state index in [-0.39, 0.29) is 41.3 Å². The zero-order valence-corrected chi connectivity index (χ0v) is 19.1. The fourth-order valence-electron chi connectivity index (χ4n) is 3.88. The number of phenols is 1. The molecule has 1 saturated heterocycles. The lowest BCUT2D eigenvalue weighted by Gasteiger charge is -2.34. The molecule has 0 radical (unpaired) electrons. The summed E-state index contributed by atoms with van der Waals surface area (Å²) in [4.78, 5) is 33.9. The summed E-state index contributed by atoms with van der Waals surface area (Å²) in [5.74, 6) is -0.249. The van der Waals surface area contributed by atoms with Crippen molar-refractivity contribution in [2.75, 3.05) is 13.1 Å². The Kier molecular flexibility index (Phi) is 7.34. The van der Waals surface area contributed by atoms with Crippen LogP contribution < -0.4 is 0 Å². The zero-order valence-electron chi connectivity index (χ0n) is 19.1. The normalized spacial score (nSPS) is 15.5. The van der Waals surface area contributed by atoms with Crippen LogP contribution >= 0.6 is 0 Å². The summed E-state index contributed by atoms with van der Waals surface area (Å²) in [5.41, 5.74) is 0.704. The lowest BCUT2D eigenvalue weighted by atomic mass is 9.87. The average Bonchev–Trinajstić information content (AvgIpc) is 2.78. The molecule has 2 heterocycles. The van der Waals surface area contributed by atoms with Crippen molar-refractivity contribution < 1.29 is 24.5 Å². The summed E-state index contributed by atoms with van der Waals surface area (Å²) in [5, 5.41) is 21.3. The highest BCUT2D eigenvalue weighted by Gasteiger charge is 2.29. The van der Waals surface area contributed by atoms with Gasteiger partial charge in [-0.25, -0.2) is 4.79 Å². The highest BCUT2D eigenvalue weighted by atomic mass is 16.6. The molecule has 2 aromatic rings. The maximum absolute atomic E-state index is 12.8. The van der Waals surface area contributed by atoms with Crippen LogP contribution in [0, 0.1) is 6.57 Å². The van der Waals surface area contributed by atoms with Gasteiger partial charge in [-0.3, -0.25) is 4.79 Å². The number of carbonyl (C=O) groups excluding carboxylic acids is 2. The summed E-state index contributed by atoms with van der Waals surface area (Å²) in [6, 6.07) is 8.11. The average molecular weight is 452 g/mol. The molecule has 33 heavy (non-hydrogen) atoms. The smallest absolute Gasteiger partial charge is 0.410 e. The number of amides is 1. The third kappa shape index (κ3) is 6.08. The van der Waals surface area contributed by atoms with E-state index in [0.29, 0.717) is 37.1 Å². The molecule has 8 heteroatoms. The van der Waals surface area contributed by atoms with Crippen molar-refractivity contribution in [3.8, 4) is 5.75 Å². The topological polar surface area (TPSA) is 104 Å². The van der Waals surface area contributed by atoms with Crippen LogP contribution in [0.2, 0.25) is 0 Å². The molecule has 0 aliphatic carbocycles. The first-order valence-corrected chi connectivity index (χ1v) is 10.9. The Morgan fingerprint density at radius 3 is 2.52 bits per heavy atom. The highest BCUT2D eigenvalue weighted by Crippen LogP contribution is 2.37. The van der Waals surface area contributed by atoms with Gasteiger partial charge in [0.15, 0.2) is 5.78 Å². The van der Waals surface area contributed by atoms with Crippen LogP contribution in [0.25, 0.3) is 4.85 Å². The molecule has 1 fully saturated rings. The summed E-state index contributed by atoms with van der Waals surface area (Å²) in [7, 11) is 0. The quantitative estimate of drug-likeness (QED) is 0.502. The monoisotopic (exact) mass is 451 g/mol. The van der Waals surface area contributed by atoms with E-state index in [1.165, 1.54) is 12.3 Å². The second-order valence-corrected chi connectivity index (χ2v) is 9.19. The first kappa shape index (κ1) is 24.2. The lowest BCUT2D eigenvalue weighted by molar-refractivity contribution is 0.0204. The second-order valence-electron chi connectivity index (χ2n) is 9.19. The third-order valence-corrected chi connectivity index (χ3v) is 5.60. The summed E-state index contributed by atoms with van der Waals surface area (Å²) in [6.07, 6.45) is 1.01. The number of para-hydroxylation sites is 1. The number of rotatable bonds is 5. The molecule has 1 aliphatic heterocycles. The number of Topliss-reactive ketones (excluding diaryl/α,β-unsaturated/α-hetero) is 1. The van der Waals surface area contributed by atoms with E-state index in [4.69, 9.17) is 11.3 Å². The van der Waals surface area contributed by atoms with Gasteiger partial charge in [-0.1, -0.05) is 24.8 Å². The molecule has 1 aromatic heterocycles. The Labute approximate surface area is 193 Å². The minimum atomic E-state index is -1.09. The number of ketones is 1. The molecule has 1 amide bonds. The molecule has 2 N–H and O–H groups in total. The number of piperidine rings is 1. The van der Waals surface area contributed by atoms with Gasteiger partial charge in [0, 0.05) is 25.1 Å². The van der Waals surface area contributed by atoms with Gasteiger partial charge < -0.3 is 24.7 Å². The SMILES string of the molecule is [C-]#[N+]c1ccc(C(O)CC(=O)c2cccc(C3CCN(C(=O)OC(C)(C)C)CC3)c2O)cn1. The molecule has 1 atom stereocenters. The van der Waals surface area contributed by atoms with E-state index in [1.54, 1.807) is 29.2 Å². The predicted molar refractivity (Wildman–Crippen MR) is 122 cm³/mol. The van der Waals surface area contributed by atoms with Gasteiger partial charge in [0.25, 0.3) is 5.82 Å². The molecule has 0 saturated carbocycles. The van der Waals surface area contributed by atoms with Crippen LogP contribution in [-0.4, -0.2) is 50.7 Å². The molecule has 0 spiro atoms. The van der Waals surface area contributed by atoms with Crippen LogP contribution in [0.15, 0.2) is 36.5 Å². The molecule has 1 unspecified atom stereocenters. The van der Waals surface area contributed by atoms with Crippen molar-refractivity contribution in [3.05, 3.63) is 64.6 Å². The second kappa shape index (κ2) is 10.0. The largest absolute Gasteiger partial charge is 0.507 e. The van der Waals surface area contributed by atoms with Gasteiger partial charge in [0.1, 0.15) is 17.5 Å². The highest BCUT2D eigenvalue weighted by molar-refractivity contribution is 5.99. The number of aliphatic hydroxyl groups excluding tert-OH is 1. The number of pyridine rings is 1. The fourth-order valence-corrected chi connectivity index (χ4v) is 3.88. The van der Waals surface area contributed by atoms with Crippen LogP contribution in [0.4, 0.5) is 10.6 Å². The molecule has 0 bridgehead atoms. The van der Waals surface area contributed by atoms with Gasteiger partial charge in [-0.2, -0.15) is 0 Å². The van der Waals surface area contributed by atoms with E-state index < -0.39 is 11.7 Å². The van der Waals surface area contributed by atoms with Crippen LogP contribution in [0.3, 0.4) is 0 Å². The van der Waals surface area contributed by atoms with Gasteiger partial charge >= 0.3 is 6.09 Å². The molecule has 3 rings (SSSR count). The van der Waals surface area contributed by atoms with E-state index in [9.17, 15) is 19.8 Å². The zero-order chi connectivity index (χ0) is 24.2. The fraction of sp³-hybridized carbons (Fsp3) is 0.440. The number of aromatic hydroxyl groups is 1. The van der Waals surface area contributed by atoms with E-state index in [1.807, 2.05) is 20.8 Å². The van der Waals surface area contributed by atoms with E-state index >= 15 is 0 Å². The van der Waals surface area contributed by atoms with Crippen LogP contribution in [0.5, 0.6) is 5.75 Å². The van der Waals surface area contributed by atoms with Crippen molar-refractivity contribution in [2.24, 2.45) is 0 Å². The number of aliphatic hydroxyl groups is 1. The molecule has 8 nitrogen and oxygen atoms in total. The number of aromatic nitrogens is 1. The van der Waals surface area contributed by atoms with Crippen molar-refractivity contribution in [1.82, 2.24) is 9.88 Å². The van der Waals surface area contributed by atoms with Gasteiger partial charge in [-0.05, 0) is 57.2 Å². The number of phenolic OH excluding ortho intramolecular Hbond substituents is 1. The third-order valence-electron chi connectivity index (χ3n) is 5.60. The standard InChI is InChI=1S/C25H29N3O5/c1-25(2,3)33-24(32)28-12-10-16(11-13-28)18-6-5-7-19(23(18)31)21(30)14-20(29)17-8-9-22(26-4)27-15-17/h5-9,15-16,20,29,31H,10-14H2,1-3H3. The minimum Gasteiger partial charge on any atom is -0.507 e. The summed E-state index contributed by atoms with van der Waals surface area (Å²) < 4.78 is 5.43. The summed E-state index contributed by atoms with van der Waals surface area (Å²) in [6.45, 7) is 13.4. The Balaban J connectivity index is 1.66. The van der Waals surface area contributed by atoms with E-state index in [2.05, 4.69) is 9.83 Å². The van der Waals surface area contributed by atoms with Gasteiger partial charge in [-0.15, -0.1) is 4.98 Å². The van der Waals surface area contributed by atoms with Crippen molar-refractivity contribution in [2.45, 2.75) is 57.7 Å². The van der Waals surface area contributed by atoms with E-state index in [0.717, 1.165) is 0 Å². The van der Waals surface area contributed by atoms with Crippen LogP contribution in [0.1, 0.15) is 73.5 Å². The Morgan fingerprint density at radius 1 is 1.24 bits per heavy atom. The number of ether oxygens (including phenoxy) is 1. The first-order valence-electron chi connectivity index (χ1n) is 10.9. The van der Waals surface area contributed by atoms with Crippen molar-refractivity contribution >= 4 is 17.7 Å². The number of nitrogens with zero attached hydrogens (tertiary/aromatic N) is 3. The number of carbonyl (C=O) groups is 2. The first-order chi connectivity index (χ1) is 15.6. The predicted octanol–water partition coefficient (Wildman–Crippen LogP) is 4.76. The van der Waals surface area contributed by atoms with Gasteiger partial charge in [0.05, 0.1) is 11.7 Å². The number of benzene rings is 1. The summed E-state index contributed by atoms with van der Waals surface area (Å²) >= 11 is 0. The maximum Gasteiger partial charge on any atom is 0.410 e. The Hall–Kier alpha value is -3.44. The van der Waals surface area contributed by atoms with Crippen molar-refractivity contribution in [3.63, 3.8) is 0 Å². The van der Waals surface area contributed by atoms with Gasteiger partial charge in [0.2, 0.25) is 0 Å². The number of likely N-dealkylation sites (tertiary alicyclic amines) is 1. The Morgan fingerprint density at radius 2 is 1.94 bits per heavy atom. The lowest BCUT2D eigenvalue weighted by Crippen LogP contribution is -2.41. The van der Waals surface area contributed by atoms with Crippen LogP contribution in [-0.2, 0) is 4.74 Å². The molecule has 1 aliphatic rings. The molecular formula is C25H29N3O5. The molecule has 1 aromatic carbocycles. The minimum absolute atomic E-state index is 0.00623.